The molecule has 414 valence electrons. The molecule has 7 aromatic carbocycles. The number of hydrogen-bond donors (Lipinski definition) is 0. The zero-order chi connectivity index (χ0) is 57.0. The third kappa shape index (κ3) is 8.42. The van der Waals surface area contributed by atoms with Gasteiger partial charge >= 0.3 is 0 Å². The highest BCUT2D eigenvalue weighted by atomic mass is 79.9. The zero-order valence-electron chi connectivity index (χ0n) is 47.6. The van der Waals surface area contributed by atoms with Crippen LogP contribution >= 0.6 is 31.9 Å². The summed E-state index contributed by atoms with van der Waals surface area (Å²) in [5.74, 6) is 0. The second kappa shape index (κ2) is 20.3. The van der Waals surface area contributed by atoms with Crippen molar-refractivity contribution in [3.63, 3.8) is 0 Å². The van der Waals surface area contributed by atoms with Crippen LogP contribution in [0.5, 0.6) is 0 Å². The number of hydrogen-bond acceptors (Lipinski definition) is 6. The zero-order valence-corrected chi connectivity index (χ0v) is 50.7. The molecule has 0 saturated heterocycles. The van der Waals surface area contributed by atoms with Crippen LogP contribution in [0.4, 0.5) is 34.1 Å². The Labute approximate surface area is 497 Å². The molecular weight excluding hydrogens is 1150 g/mol. The van der Waals surface area contributed by atoms with Crippen molar-refractivity contribution in [1.29, 1.82) is 0 Å². The minimum atomic E-state index is -0.328. The first-order valence-electron chi connectivity index (χ1n) is 29.1. The van der Waals surface area contributed by atoms with Crippen molar-refractivity contribution >= 4 is 99.0 Å². The van der Waals surface area contributed by atoms with E-state index in [-0.39, 0.29) is 42.9 Å². The topological polar surface area (TPSA) is 98.8 Å². The van der Waals surface area contributed by atoms with E-state index < -0.39 is 0 Å². The fourth-order valence-electron chi connectivity index (χ4n) is 15.8. The molecule has 2 fully saturated rings. The van der Waals surface area contributed by atoms with E-state index in [9.17, 15) is 20.2 Å². The molecule has 12 heteroatoms. The molecule has 0 bridgehead atoms. The number of halogens is 2. The van der Waals surface area contributed by atoms with Gasteiger partial charge in [-0.25, -0.2) is 0 Å². The van der Waals surface area contributed by atoms with Crippen LogP contribution in [0.15, 0.2) is 178 Å². The van der Waals surface area contributed by atoms with Crippen molar-refractivity contribution < 1.29 is 19.0 Å². The quantitative estimate of drug-likeness (QED) is 0.0769. The van der Waals surface area contributed by atoms with Gasteiger partial charge in [0.1, 0.15) is 0 Å². The third-order valence-corrected chi connectivity index (χ3v) is 20.9. The van der Waals surface area contributed by atoms with Gasteiger partial charge in [0.15, 0.2) is 24.5 Å². The van der Waals surface area contributed by atoms with Crippen LogP contribution < -0.4 is 9.80 Å². The molecule has 2 spiro atoms. The van der Waals surface area contributed by atoms with E-state index in [0.29, 0.717) is 22.0 Å². The van der Waals surface area contributed by atoms with Gasteiger partial charge in [-0.1, -0.05) is 123 Å². The lowest BCUT2D eigenvalue weighted by Gasteiger charge is -2.36. The van der Waals surface area contributed by atoms with Crippen LogP contribution in [0.3, 0.4) is 0 Å². The van der Waals surface area contributed by atoms with E-state index in [0.717, 1.165) is 62.7 Å². The SMILES string of the molecule is CN1C(=CC=CC2=[N+](Cc3ccc(C[N+]4=C(C=CC=C5N(C)c6cc([N+](=O)[O-])c(Br)cc6C56CCCCC6)C(C)(C)c5c4ccc4ccccc54)cc3)c3ccc4ccccc4c3C2(C)C)C2(CCCCC2)c2cc(Br)c([N+](=O)[O-])cc21. The first-order valence-corrected chi connectivity index (χ1v) is 30.7. The molecule has 7 aromatic rings. The highest BCUT2D eigenvalue weighted by Gasteiger charge is 2.51. The van der Waals surface area contributed by atoms with Gasteiger partial charge < -0.3 is 9.80 Å². The number of fused-ring (bicyclic) bond motifs is 10. The Bertz CT molecular complexity index is 3810. The molecule has 6 aliphatic rings. The minimum absolute atomic E-state index is 0.0918. The van der Waals surface area contributed by atoms with Gasteiger partial charge in [0.2, 0.25) is 11.4 Å². The summed E-state index contributed by atoms with van der Waals surface area (Å²) < 4.78 is 6.10. The van der Waals surface area contributed by atoms with Crippen LogP contribution in [0.2, 0.25) is 0 Å². The highest BCUT2D eigenvalue weighted by molar-refractivity contribution is 9.11. The van der Waals surface area contributed by atoms with E-state index in [4.69, 9.17) is 0 Å². The van der Waals surface area contributed by atoms with E-state index in [1.165, 1.54) is 102 Å². The predicted octanol–water partition coefficient (Wildman–Crippen LogP) is 18.1. The molecule has 0 amide bonds. The van der Waals surface area contributed by atoms with Gasteiger partial charge in [-0.15, -0.1) is 0 Å². The first-order chi connectivity index (χ1) is 39.4. The van der Waals surface area contributed by atoms with Crippen LogP contribution in [-0.2, 0) is 34.7 Å². The molecule has 0 aromatic heterocycles. The molecule has 10 nitrogen and oxygen atoms in total. The van der Waals surface area contributed by atoms with Gasteiger partial charge in [0.05, 0.1) is 41.0 Å². The molecular formula is C70H68Br2N6O4+2. The normalized spacial score (nSPS) is 20.2. The lowest BCUT2D eigenvalue weighted by atomic mass is 9.68. The Kier molecular flexibility index (Phi) is 13.3. The number of allylic oxidation sites excluding steroid dienone is 8. The first kappa shape index (κ1) is 54.0. The monoisotopic (exact) mass is 1210 g/mol. The average Bonchev–Trinajstić information content (AvgIpc) is 3.45. The highest BCUT2D eigenvalue weighted by Crippen LogP contribution is 2.58. The predicted molar refractivity (Wildman–Crippen MR) is 340 cm³/mol. The second-order valence-corrected chi connectivity index (χ2v) is 26.5. The van der Waals surface area contributed by atoms with Gasteiger partial charge in [-0.2, -0.15) is 9.15 Å². The van der Waals surface area contributed by atoms with E-state index in [1.54, 1.807) is 12.1 Å². The summed E-state index contributed by atoms with van der Waals surface area (Å²) in [6.45, 7) is 10.8. The molecule has 4 aliphatic heterocycles. The Morgan fingerprint density at radius 2 is 0.902 bits per heavy atom. The summed E-state index contributed by atoms with van der Waals surface area (Å²) in [6, 6.07) is 43.4. The van der Waals surface area contributed by atoms with Crippen molar-refractivity contribution in [2.24, 2.45) is 0 Å². The standard InChI is InChI=1S/C70H68Br2N6O4/c1-67(2)61(23-17-25-63-69(35-13-7-14-36-69)51-39-53(71)59(77(79)80)41-57(51)73(63)5)75(55-33-31-47-19-9-11-21-49(47)65(55)67)43-45-27-29-46(30-28-45)44-76-56-34-32-48-20-10-12-22-50(48)66(56)68(3,4)62(76)24-18-26-64-70(37-15-8-16-38-70)52-40-54(72)60(78(81)82)42-58(52)74(64)6/h9-12,17-34,39-42H,7-8,13-16,35-38,43-44H2,1-6H3/q+2. The smallest absolute Gasteiger partial charge is 0.285 e. The minimum Gasteiger partial charge on any atom is -0.347 e. The van der Waals surface area contributed by atoms with Gasteiger partial charge in [0.25, 0.3) is 11.4 Å². The van der Waals surface area contributed by atoms with E-state index in [2.05, 4.69) is 226 Å². The van der Waals surface area contributed by atoms with E-state index >= 15 is 0 Å². The number of nitrogens with zero attached hydrogens (tertiary/aromatic N) is 6. The lowest BCUT2D eigenvalue weighted by molar-refractivity contribution is -0.455. The third-order valence-electron chi connectivity index (χ3n) is 19.6. The summed E-state index contributed by atoms with van der Waals surface area (Å²) in [7, 11) is 4.14. The summed E-state index contributed by atoms with van der Waals surface area (Å²) in [5, 5.41) is 29.3. The summed E-state index contributed by atoms with van der Waals surface area (Å²) in [6.07, 6.45) is 24.6. The second-order valence-electron chi connectivity index (χ2n) is 24.8. The van der Waals surface area contributed by atoms with Crippen molar-refractivity contribution in [2.75, 3.05) is 23.9 Å². The number of anilines is 2. The van der Waals surface area contributed by atoms with Crippen molar-refractivity contribution in [3.05, 3.63) is 232 Å². The largest absolute Gasteiger partial charge is 0.347 e. The fourth-order valence-corrected chi connectivity index (χ4v) is 16.7. The van der Waals surface area contributed by atoms with Crippen molar-refractivity contribution in [2.45, 2.75) is 127 Å². The lowest BCUT2D eigenvalue weighted by Crippen LogP contribution is -2.32. The molecule has 13 rings (SSSR count). The van der Waals surface area contributed by atoms with Gasteiger partial charge in [-0.05, 0) is 154 Å². The van der Waals surface area contributed by atoms with Crippen LogP contribution in [0.1, 0.15) is 125 Å². The van der Waals surface area contributed by atoms with Crippen LogP contribution in [0, 0.1) is 20.2 Å². The molecule has 4 heterocycles. The molecule has 0 atom stereocenters. The molecule has 82 heavy (non-hydrogen) atoms. The molecule has 0 radical (unpaired) electrons. The Balaban J connectivity index is 0.866. The maximum absolute atomic E-state index is 12.2. The number of nitro groups is 2. The number of benzene rings is 7. The Morgan fingerprint density at radius 1 is 0.524 bits per heavy atom. The number of likely N-dealkylation sites (N-methyl/N-ethyl adjacent to an activating group) is 2. The molecule has 2 saturated carbocycles. The summed E-state index contributed by atoms with van der Waals surface area (Å²) in [5.41, 5.74) is 15.6. The fraction of sp³-hybridized carbons (Fsp3) is 0.314. The van der Waals surface area contributed by atoms with Gasteiger partial charge in [-0.3, -0.25) is 20.2 Å². The van der Waals surface area contributed by atoms with E-state index in [1.807, 2.05) is 12.1 Å². The molecule has 0 N–H and O–H groups in total. The van der Waals surface area contributed by atoms with Crippen molar-refractivity contribution in [1.82, 2.24) is 0 Å². The Hall–Kier alpha value is -7.28. The summed E-state index contributed by atoms with van der Waals surface area (Å²) in [4.78, 5) is 28.1. The number of rotatable bonds is 10. The van der Waals surface area contributed by atoms with Crippen LogP contribution in [0.25, 0.3) is 21.5 Å². The van der Waals surface area contributed by atoms with Crippen LogP contribution in [-0.4, -0.2) is 44.5 Å². The Morgan fingerprint density at radius 3 is 1.28 bits per heavy atom. The van der Waals surface area contributed by atoms with Crippen molar-refractivity contribution in [3.8, 4) is 0 Å². The number of nitro benzene ring substituents is 2. The molecule has 2 aliphatic carbocycles. The van der Waals surface area contributed by atoms with Gasteiger partial charge in [0, 0.05) is 95.0 Å². The average molecular weight is 1220 g/mol. The maximum Gasteiger partial charge on any atom is 0.285 e. The summed E-state index contributed by atoms with van der Waals surface area (Å²) >= 11 is 7.14. The maximum atomic E-state index is 12.2. The molecule has 0 unspecified atom stereocenters.